The molecule has 0 atom stereocenters. The second kappa shape index (κ2) is 9.27. The summed E-state index contributed by atoms with van der Waals surface area (Å²) in [6, 6.07) is 22.3. The first-order valence-corrected chi connectivity index (χ1v) is 9.54. The number of Topliss-reactive ketones (excluding diaryl/α,β-unsaturated/α-hetero) is 1. The van der Waals surface area contributed by atoms with Crippen LogP contribution in [-0.4, -0.2) is 24.3 Å². The summed E-state index contributed by atoms with van der Waals surface area (Å²) < 4.78 is 5.87. The van der Waals surface area contributed by atoms with E-state index in [0.29, 0.717) is 22.4 Å². The number of carbonyl (C=O) groups is 3. The predicted molar refractivity (Wildman–Crippen MR) is 115 cm³/mol. The van der Waals surface area contributed by atoms with E-state index in [-0.39, 0.29) is 18.3 Å². The van der Waals surface area contributed by atoms with Crippen molar-refractivity contribution in [1.82, 2.24) is 0 Å². The van der Waals surface area contributed by atoms with Crippen molar-refractivity contribution < 1.29 is 19.1 Å². The first kappa shape index (κ1) is 19.8. The van der Waals surface area contributed by atoms with Crippen molar-refractivity contribution in [2.24, 2.45) is 0 Å². The van der Waals surface area contributed by atoms with Crippen LogP contribution in [-0.2, 0) is 4.74 Å². The van der Waals surface area contributed by atoms with Gasteiger partial charge < -0.3 is 10.1 Å². The van der Waals surface area contributed by atoms with E-state index in [9.17, 15) is 14.4 Å². The SMILES string of the molecule is O=C(COC(=O)c1ccccc1I)c1ccc(NC(=O)c2ccccc2)cc1. The van der Waals surface area contributed by atoms with Gasteiger partial charge in [-0.25, -0.2) is 4.79 Å². The summed E-state index contributed by atoms with van der Waals surface area (Å²) in [5, 5.41) is 2.77. The summed E-state index contributed by atoms with van der Waals surface area (Å²) in [4.78, 5) is 36.5. The molecular formula is C22H16INO4. The van der Waals surface area contributed by atoms with Crippen LogP contribution in [0.3, 0.4) is 0 Å². The van der Waals surface area contributed by atoms with E-state index in [1.54, 1.807) is 66.7 Å². The molecule has 3 rings (SSSR count). The fourth-order valence-corrected chi connectivity index (χ4v) is 3.06. The third kappa shape index (κ3) is 5.04. The Hall–Kier alpha value is -3.00. The Kier molecular flexibility index (Phi) is 6.54. The molecule has 6 heteroatoms. The molecule has 140 valence electrons. The molecule has 1 amide bonds. The highest BCUT2D eigenvalue weighted by Gasteiger charge is 2.14. The van der Waals surface area contributed by atoms with E-state index >= 15 is 0 Å². The maximum atomic E-state index is 12.3. The van der Waals surface area contributed by atoms with Crippen molar-refractivity contribution in [2.75, 3.05) is 11.9 Å². The summed E-state index contributed by atoms with van der Waals surface area (Å²) in [5.41, 5.74) is 1.94. The molecular weight excluding hydrogens is 469 g/mol. The number of amides is 1. The molecule has 0 saturated carbocycles. The molecule has 0 fully saturated rings. The molecule has 0 radical (unpaired) electrons. The highest BCUT2D eigenvalue weighted by Crippen LogP contribution is 2.14. The van der Waals surface area contributed by atoms with Crippen LogP contribution in [0.2, 0.25) is 0 Å². The van der Waals surface area contributed by atoms with Gasteiger partial charge in [0, 0.05) is 20.4 Å². The summed E-state index contributed by atoms with van der Waals surface area (Å²) in [5.74, 6) is -1.09. The first-order chi connectivity index (χ1) is 13.5. The number of benzene rings is 3. The maximum Gasteiger partial charge on any atom is 0.339 e. The van der Waals surface area contributed by atoms with Gasteiger partial charge in [0.05, 0.1) is 5.56 Å². The Morgan fingerprint density at radius 1 is 0.786 bits per heavy atom. The standard InChI is InChI=1S/C22H16INO4/c23-19-9-5-4-8-18(19)22(27)28-14-20(25)15-10-12-17(13-11-15)24-21(26)16-6-2-1-3-7-16/h1-13H,14H2,(H,24,26). The zero-order valence-electron chi connectivity index (χ0n) is 14.7. The van der Waals surface area contributed by atoms with E-state index in [1.807, 2.05) is 34.7 Å². The molecule has 0 heterocycles. The van der Waals surface area contributed by atoms with Gasteiger partial charge in [-0.2, -0.15) is 0 Å². The van der Waals surface area contributed by atoms with E-state index in [4.69, 9.17) is 4.74 Å². The second-order valence-corrected chi connectivity index (χ2v) is 7.04. The number of hydrogen-bond donors (Lipinski definition) is 1. The number of esters is 1. The van der Waals surface area contributed by atoms with Gasteiger partial charge in [0.2, 0.25) is 0 Å². The normalized spacial score (nSPS) is 10.2. The average Bonchev–Trinajstić information content (AvgIpc) is 2.73. The molecule has 0 aliphatic heterocycles. The van der Waals surface area contributed by atoms with E-state index < -0.39 is 5.97 Å². The molecule has 0 aromatic heterocycles. The van der Waals surface area contributed by atoms with Crippen LogP contribution in [0.1, 0.15) is 31.1 Å². The number of ketones is 1. The number of hydrogen-bond acceptors (Lipinski definition) is 4. The van der Waals surface area contributed by atoms with Crippen molar-refractivity contribution in [2.45, 2.75) is 0 Å². The molecule has 3 aromatic carbocycles. The van der Waals surface area contributed by atoms with Gasteiger partial charge in [0.15, 0.2) is 12.4 Å². The molecule has 0 bridgehead atoms. The highest BCUT2D eigenvalue weighted by molar-refractivity contribution is 14.1. The van der Waals surface area contributed by atoms with Crippen molar-refractivity contribution in [3.05, 3.63) is 99.1 Å². The average molecular weight is 485 g/mol. The zero-order chi connectivity index (χ0) is 19.9. The second-order valence-electron chi connectivity index (χ2n) is 5.88. The lowest BCUT2D eigenvalue weighted by Gasteiger charge is -2.08. The van der Waals surface area contributed by atoms with E-state index in [0.717, 1.165) is 3.57 Å². The molecule has 3 aromatic rings. The smallest absolute Gasteiger partial charge is 0.339 e. The van der Waals surface area contributed by atoms with Crippen LogP contribution in [0.15, 0.2) is 78.9 Å². The van der Waals surface area contributed by atoms with Gasteiger partial charge >= 0.3 is 5.97 Å². The summed E-state index contributed by atoms with van der Waals surface area (Å²) in [7, 11) is 0. The molecule has 5 nitrogen and oxygen atoms in total. The summed E-state index contributed by atoms with van der Waals surface area (Å²) in [6.07, 6.45) is 0. The van der Waals surface area contributed by atoms with Gasteiger partial charge in [0.1, 0.15) is 0 Å². The minimum absolute atomic E-state index is 0.230. The predicted octanol–water partition coefficient (Wildman–Crippen LogP) is 4.58. The van der Waals surface area contributed by atoms with Crippen LogP contribution in [0.25, 0.3) is 0 Å². The van der Waals surface area contributed by atoms with Crippen LogP contribution in [0.5, 0.6) is 0 Å². The van der Waals surface area contributed by atoms with Crippen molar-refractivity contribution in [3.8, 4) is 0 Å². The van der Waals surface area contributed by atoms with Crippen LogP contribution >= 0.6 is 22.6 Å². The van der Waals surface area contributed by atoms with Gasteiger partial charge in [-0.1, -0.05) is 30.3 Å². The highest BCUT2D eigenvalue weighted by atomic mass is 127. The number of ether oxygens (including phenoxy) is 1. The molecule has 28 heavy (non-hydrogen) atoms. The lowest BCUT2D eigenvalue weighted by atomic mass is 10.1. The summed E-state index contributed by atoms with van der Waals surface area (Å²) in [6.45, 7) is -0.348. The van der Waals surface area contributed by atoms with Crippen molar-refractivity contribution >= 4 is 45.9 Å². The Labute approximate surface area is 175 Å². The lowest BCUT2D eigenvalue weighted by Crippen LogP contribution is -2.15. The largest absolute Gasteiger partial charge is 0.454 e. The molecule has 0 unspecified atom stereocenters. The Morgan fingerprint density at radius 3 is 2.11 bits per heavy atom. The molecule has 0 spiro atoms. The van der Waals surface area contributed by atoms with Gasteiger partial charge in [-0.15, -0.1) is 0 Å². The number of halogens is 1. The molecule has 1 N–H and O–H groups in total. The number of nitrogens with one attached hydrogen (secondary N) is 1. The zero-order valence-corrected chi connectivity index (χ0v) is 16.9. The third-order valence-electron chi connectivity index (χ3n) is 3.93. The van der Waals surface area contributed by atoms with Gasteiger partial charge in [0.25, 0.3) is 5.91 Å². The molecule has 0 aliphatic carbocycles. The van der Waals surface area contributed by atoms with Crippen molar-refractivity contribution in [1.29, 1.82) is 0 Å². The van der Waals surface area contributed by atoms with Crippen LogP contribution in [0.4, 0.5) is 5.69 Å². The Morgan fingerprint density at radius 2 is 1.43 bits per heavy atom. The third-order valence-corrected chi connectivity index (χ3v) is 4.87. The Balaban J connectivity index is 1.57. The van der Waals surface area contributed by atoms with Gasteiger partial charge in [-0.05, 0) is 71.1 Å². The topological polar surface area (TPSA) is 72.5 Å². The fourth-order valence-electron chi connectivity index (χ4n) is 2.45. The van der Waals surface area contributed by atoms with Crippen molar-refractivity contribution in [3.63, 3.8) is 0 Å². The van der Waals surface area contributed by atoms with E-state index in [2.05, 4.69) is 5.32 Å². The first-order valence-electron chi connectivity index (χ1n) is 8.46. The van der Waals surface area contributed by atoms with Crippen LogP contribution < -0.4 is 5.32 Å². The minimum atomic E-state index is -0.537. The minimum Gasteiger partial charge on any atom is -0.454 e. The quantitative estimate of drug-likeness (QED) is 0.315. The monoisotopic (exact) mass is 485 g/mol. The molecule has 0 aliphatic rings. The van der Waals surface area contributed by atoms with Gasteiger partial charge in [-0.3, -0.25) is 9.59 Å². The molecule has 0 saturated heterocycles. The van der Waals surface area contributed by atoms with E-state index in [1.165, 1.54) is 0 Å². The number of anilines is 1. The fraction of sp³-hybridized carbons (Fsp3) is 0.0455. The number of carbonyl (C=O) groups excluding carboxylic acids is 3. The Bertz CT molecular complexity index is 1000. The number of rotatable bonds is 6. The van der Waals surface area contributed by atoms with Crippen LogP contribution in [0, 0.1) is 3.57 Å². The maximum absolute atomic E-state index is 12.3. The lowest BCUT2D eigenvalue weighted by molar-refractivity contribution is 0.0473. The summed E-state index contributed by atoms with van der Waals surface area (Å²) >= 11 is 2.04.